The number of hydrogen-bond acceptors (Lipinski definition) is 3. The van der Waals surface area contributed by atoms with Gasteiger partial charge in [0.2, 0.25) is 0 Å². The molecule has 0 atom stereocenters. The monoisotopic (exact) mass is 278 g/mol. The van der Waals surface area contributed by atoms with E-state index in [-0.39, 0.29) is 17.8 Å². The highest BCUT2D eigenvalue weighted by molar-refractivity contribution is 6.06. The predicted octanol–water partition coefficient (Wildman–Crippen LogP) is 3.18. The zero-order valence-corrected chi connectivity index (χ0v) is 11.1. The van der Waals surface area contributed by atoms with Crippen LogP contribution in [-0.4, -0.2) is 12.0 Å². The molecule has 106 valence electrons. The van der Waals surface area contributed by atoms with Gasteiger partial charge in [-0.15, -0.1) is 0 Å². The van der Waals surface area contributed by atoms with Crippen LogP contribution in [0.15, 0.2) is 48.7 Å². The Morgan fingerprint density at radius 2 is 2.20 bits per heavy atom. The van der Waals surface area contributed by atoms with E-state index in [0.717, 1.165) is 6.92 Å². The van der Waals surface area contributed by atoms with Crippen molar-refractivity contribution in [3.63, 3.8) is 0 Å². The van der Waals surface area contributed by atoms with Gasteiger partial charge >= 0.3 is 0 Å². The van der Waals surface area contributed by atoms with E-state index in [1.165, 1.54) is 24.3 Å². The molecule has 0 saturated carbocycles. The first-order valence-corrected chi connectivity index (χ1v) is 5.95. The molecule has 0 heterocycles. The fourth-order valence-electron chi connectivity index (χ4n) is 1.49. The van der Waals surface area contributed by atoms with Crippen LogP contribution in [0, 0.1) is 5.41 Å². The average molecular weight is 278 g/mol. The third-order valence-electron chi connectivity index (χ3n) is 2.61. The van der Waals surface area contributed by atoms with Crippen molar-refractivity contribution < 1.29 is 13.6 Å². The molecule has 0 aliphatic carbocycles. The lowest BCUT2D eigenvalue weighted by atomic mass is 10.1. The molecular formula is C15H16F2N2O. The van der Waals surface area contributed by atoms with E-state index in [2.05, 4.69) is 11.9 Å². The Morgan fingerprint density at radius 1 is 1.50 bits per heavy atom. The van der Waals surface area contributed by atoms with Gasteiger partial charge in [-0.1, -0.05) is 24.8 Å². The summed E-state index contributed by atoms with van der Waals surface area (Å²) in [4.78, 5) is 10.1. The quantitative estimate of drug-likeness (QED) is 0.457. The molecule has 3 nitrogen and oxygen atoms in total. The summed E-state index contributed by atoms with van der Waals surface area (Å²) >= 11 is 0. The highest BCUT2D eigenvalue weighted by atomic mass is 19.3. The zero-order valence-electron chi connectivity index (χ0n) is 11.1. The maximum Gasteiger partial charge on any atom is 0.270 e. The van der Waals surface area contributed by atoms with Crippen LogP contribution in [0.2, 0.25) is 0 Å². The molecule has 2 N–H and O–H groups in total. The van der Waals surface area contributed by atoms with Crippen LogP contribution in [0.4, 0.5) is 8.78 Å². The van der Waals surface area contributed by atoms with Crippen LogP contribution in [0.5, 0.6) is 0 Å². The summed E-state index contributed by atoms with van der Waals surface area (Å²) in [5.74, 6) is -2.88. The summed E-state index contributed by atoms with van der Waals surface area (Å²) < 4.78 is 26.4. The van der Waals surface area contributed by atoms with Gasteiger partial charge in [0.25, 0.3) is 5.92 Å². The van der Waals surface area contributed by atoms with Gasteiger partial charge in [-0.25, -0.2) is 8.78 Å². The number of rotatable bonds is 7. The molecule has 0 bridgehead atoms. The van der Waals surface area contributed by atoms with Gasteiger partial charge < -0.3 is 5.32 Å². The van der Waals surface area contributed by atoms with Gasteiger partial charge in [0.15, 0.2) is 0 Å². The largest absolute Gasteiger partial charge is 0.380 e. The SMILES string of the molecule is C=C(NCc1cccc(C(C)(F)F)c1)C(=N)/C=C\C=O. The molecule has 0 unspecified atom stereocenters. The molecule has 1 aromatic carbocycles. The van der Waals surface area contributed by atoms with Gasteiger partial charge in [0, 0.05) is 19.0 Å². The number of aldehydes is 1. The van der Waals surface area contributed by atoms with Crippen molar-refractivity contribution in [1.29, 1.82) is 5.41 Å². The highest BCUT2D eigenvalue weighted by Crippen LogP contribution is 2.27. The van der Waals surface area contributed by atoms with Crippen molar-refractivity contribution in [2.45, 2.75) is 19.4 Å². The van der Waals surface area contributed by atoms with Crippen LogP contribution in [0.25, 0.3) is 0 Å². The molecule has 0 aromatic heterocycles. The first kappa shape index (κ1) is 15.8. The highest BCUT2D eigenvalue weighted by Gasteiger charge is 2.23. The van der Waals surface area contributed by atoms with Crippen LogP contribution in [-0.2, 0) is 17.3 Å². The van der Waals surface area contributed by atoms with E-state index in [4.69, 9.17) is 5.41 Å². The number of carbonyl (C=O) groups excluding carboxylic acids is 1. The smallest absolute Gasteiger partial charge is 0.270 e. The zero-order chi connectivity index (χ0) is 15.2. The van der Waals surface area contributed by atoms with Crippen molar-refractivity contribution in [3.05, 3.63) is 59.8 Å². The summed E-state index contributed by atoms with van der Waals surface area (Å²) in [5.41, 5.74) is 0.988. The fraction of sp³-hybridized carbons (Fsp3) is 0.200. The first-order valence-electron chi connectivity index (χ1n) is 5.95. The van der Waals surface area contributed by atoms with E-state index < -0.39 is 5.92 Å². The number of benzene rings is 1. The van der Waals surface area contributed by atoms with E-state index in [1.54, 1.807) is 12.1 Å². The minimum absolute atomic E-state index is 0.0571. The molecule has 0 aliphatic rings. The Bertz CT molecular complexity index is 545. The first-order chi connectivity index (χ1) is 9.34. The van der Waals surface area contributed by atoms with E-state index in [1.807, 2.05) is 0 Å². The van der Waals surface area contributed by atoms with Gasteiger partial charge in [-0.3, -0.25) is 10.2 Å². The summed E-state index contributed by atoms with van der Waals surface area (Å²) in [5, 5.41) is 10.4. The van der Waals surface area contributed by atoms with Crippen molar-refractivity contribution in [3.8, 4) is 0 Å². The van der Waals surface area contributed by atoms with Crippen molar-refractivity contribution in [2.75, 3.05) is 0 Å². The molecular weight excluding hydrogens is 262 g/mol. The standard InChI is InChI=1S/C15H16F2N2O/c1-11(14(18)7-4-8-20)19-10-12-5-3-6-13(9-12)15(2,16)17/h3-9,18-19H,1,10H2,2H3/b7-4-,18-14?. The van der Waals surface area contributed by atoms with Gasteiger partial charge in [-0.05, 0) is 23.8 Å². The number of nitrogens with one attached hydrogen (secondary N) is 2. The average Bonchev–Trinajstić information content (AvgIpc) is 2.41. The van der Waals surface area contributed by atoms with Crippen LogP contribution >= 0.6 is 0 Å². The Kier molecular flexibility index (Phi) is 5.32. The molecule has 0 amide bonds. The number of allylic oxidation sites excluding steroid dienone is 2. The van der Waals surface area contributed by atoms with Gasteiger partial charge in [0.05, 0.1) is 11.4 Å². The third kappa shape index (κ3) is 4.76. The molecule has 5 heteroatoms. The van der Waals surface area contributed by atoms with E-state index in [9.17, 15) is 13.6 Å². The fourth-order valence-corrected chi connectivity index (χ4v) is 1.49. The maximum absolute atomic E-state index is 13.2. The molecule has 1 aromatic rings. The summed E-state index contributed by atoms with van der Waals surface area (Å²) in [7, 11) is 0. The molecule has 0 saturated heterocycles. The second kappa shape index (κ2) is 6.75. The topological polar surface area (TPSA) is 53.0 Å². The second-order valence-electron chi connectivity index (χ2n) is 4.33. The molecule has 0 spiro atoms. The Morgan fingerprint density at radius 3 is 2.80 bits per heavy atom. The van der Waals surface area contributed by atoms with E-state index >= 15 is 0 Å². The Labute approximate surface area is 116 Å². The molecule has 20 heavy (non-hydrogen) atoms. The molecule has 0 radical (unpaired) electrons. The lowest BCUT2D eigenvalue weighted by Crippen LogP contribution is -2.18. The normalized spacial score (nSPS) is 11.3. The maximum atomic E-state index is 13.2. The molecule has 0 fully saturated rings. The summed E-state index contributed by atoms with van der Waals surface area (Å²) in [6.07, 6.45) is 3.06. The minimum Gasteiger partial charge on any atom is -0.380 e. The lowest BCUT2D eigenvalue weighted by Gasteiger charge is -2.13. The van der Waals surface area contributed by atoms with Gasteiger partial charge in [-0.2, -0.15) is 0 Å². The Balaban J connectivity index is 2.67. The number of carbonyl (C=O) groups is 1. The van der Waals surface area contributed by atoms with Crippen molar-refractivity contribution in [1.82, 2.24) is 5.32 Å². The minimum atomic E-state index is -2.88. The van der Waals surface area contributed by atoms with Crippen LogP contribution < -0.4 is 5.32 Å². The van der Waals surface area contributed by atoms with Crippen LogP contribution in [0.3, 0.4) is 0 Å². The summed E-state index contributed by atoms with van der Waals surface area (Å²) in [6, 6.07) is 6.04. The number of alkyl halides is 2. The number of halogens is 2. The molecule has 0 aliphatic heterocycles. The van der Waals surface area contributed by atoms with Crippen molar-refractivity contribution in [2.24, 2.45) is 0 Å². The molecule has 1 rings (SSSR count). The Hall–Kier alpha value is -2.30. The second-order valence-corrected chi connectivity index (χ2v) is 4.33. The number of hydrogen-bond donors (Lipinski definition) is 2. The van der Waals surface area contributed by atoms with Gasteiger partial charge in [0.1, 0.15) is 6.29 Å². The summed E-state index contributed by atoms with van der Waals surface area (Å²) in [6.45, 7) is 4.77. The lowest BCUT2D eigenvalue weighted by molar-refractivity contribution is -0.104. The van der Waals surface area contributed by atoms with Crippen molar-refractivity contribution >= 4 is 12.0 Å². The third-order valence-corrected chi connectivity index (χ3v) is 2.61. The van der Waals surface area contributed by atoms with E-state index in [0.29, 0.717) is 17.5 Å². The predicted molar refractivity (Wildman–Crippen MR) is 74.9 cm³/mol. The van der Waals surface area contributed by atoms with Crippen LogP contribution in [0.1, 0.15) is 18.1 Å².